The van der Waals surface area contributed by atoms with E-state index in [0.717, 1.165) is 25.1 Å². The minimum atomic E-state index is -4.44. The van der Waals surface area contributed by atoms with Gasteiger partial charge in [0.25, 0.3) is 0 Å². The van der Waals surface area contributed by atoms with E-state index in [0.29, 0.717) is 24.7 Å². The molecule has 2 aliphatic carbocycles. The lowest BCUT2D eigenvalue weighted by atomic mass is 9.70. The Bertz CT molecular complexity index is 935. The number of hydrogen-bond acceptors (Lipinski definition) is 5. The molecule has 1 N–H and O–H groups in total. The van der Waals surface area contributed by atoms with Crippen LogP contribution in [-0.2, 0) is 16.2 Å². The van der Waals surface area contributed by atoms with Gasteiger partial charge in [-0.25, -0.2) is 13.4 Å². The van der Waals surface area contributed by atoms with Crippen molar-refractivity contribution in [3.05, 3.63) is 23.9 Å². The first kappa shape index (κ1) is 22.8. The van der Waals surface area contributed by atoms with Crippen LogP contribution in [0.1, 0.15) is 45.6 Å². The number of piperazine rings is 1. The van der Waals surface area contributed by atoms with E-state index < -0.39 is 33.3 Å². The Labute approximate surface area is 181 Å². The van der Waals surface area contributed by atoms with Crippen LogP contribution in [0, 0.1) is 16.7 Å². The predicted octanol–water partition coefficient (Wildman–Crippen LogP) is 3.13. The highest BCUT2D eigenvalue weighted by Crippen LogP contribution is 2.66. The van der Waals surface area contributed by atoms with Crippen molar-refractivity contribution < 1.29 is 26.7 Å². The molecule has 1 aromatic heterocycles. The molecule has 6 nitrogen and oxygen atoms in total. The van der Waals surface area contributed by atoms with E-state index in [2.05, 4.69) is 18.8 Å². The molecule has 2 heterocycles. The SMILES string of the molecule is C[C@H]1CN(S(=O)(=O)C[C@]23CC[C@@H](C[C@H]2O)C3(C)C)CCN1c1ccc(C(F)(F)F)cn1. The Morgan fingerprint density at radius 3 is 2.45 bits per heavy atom. The van der Waals surface area contributed by atoms with Crippen LogP contribution in [0.15, 0.2) is 18.3 Å². The van der Waals surface area contributed by atoms with E-state index in [1.807, 2.05) is 11.8 Å². The third kappa shape index (κ3) is 3.64. The fraction of sp³-hybridized carbons (Fsp3) is 0.762. The Morgan fingerprint density at radius 2 is 1.97 bits per heavy atom. The molecule has 2 saturated carbocycles. The fourth-order valence-corrected chi connectivity index (χ4v) is 8.38. The Morgan fingerprint density at radius 1 is 1.26 bits per heavy atom. The van der Waals surface area contributed by atoms with Gasteiger partial charge in [-0.1, -0.05) is 13.8 Å². The predicted molar refractivity (Wildman–Crippen MR) is 111 cm³/mol. The highest BCUT2D eigenvalue weighted by molar-refractivity contribution is 7.89. The summed E-state index contributed by atoms with van der Waals surface area (Å²) in [5.74, 6) is 0.692. The zero-order valence-corrected chi connectivity index (χ0v) is 18.9. The van der Waals surface area contributed by atoms with Crippen molar-refractivity contribution in [2.24, 2.45) is 16.7 Å². The fourth-order valence-electron chi connectivity index (χ4n) is 6.04. The van der Waals surface area contributed by atoms with Gasteiger partial charge < -0.3 is 10.0 Å². The summed E-state index contributed by atoms with van der Waals surface area (Å²) in [4.78, 5) is 5.79. The molecule has 0 spiro atoms. The van der Waals surface area contributed by atoms with Gasteiger partial charge in [-0.3, -0.25) is 0 Å². The monoisotopic (exact) mass is 461 g/mol. The highest BCUT2D eigenvalue weighted by Gasteiger charge is 2.65. The molecular formula is C21H30F3N3O3S. The van der Waals surface area contributed by atoms with Crippen molar-refractivity contribution in [2.75, 3.05) is 30.3 Å². The van der Waals surface area contributed by atoms with Crippen molar-refractivity contribution in [2.45, 2.75) is 58.4 Å². The highest BCUT2D eigenvalue weighted by atomic mass is 32.2. The molecule has 0 amide bonds. The average Bonchev–Trinajstić information content (AvgIpc) is 3.01. The number of halogens is 3. The first-order chi connectivity index (χ1) is 14.3. The van der Waals surface area contributed by atoms with Gasteiger partial charge in [-0.05, 0) is 49.7 Å². The smallest absolute Gasteiger partial charge is 0.392 e. The largest absolute Gasteiger partial charge is 0.417 e. The number of aliphatic hydroxyl groups is 1. The third-order valence-corrected chi connectivity index (χ3v) is 10.2. The van der Waals surface area contributed by atoms with Gasteiger partial charge in [0.15, 0.2) is 0 Å². The van der Waals surface area contributed by atoms with Crippen LogP contribution < -0.4 is 4.90 Å². The number of nitrogens with zero attached hydrogens (tertiary/aromatic N) is 3. The summed E-state index contributed by atoms with van der Waals surface area (Å²) in [6, 6.07) is 2.10. The lowest BCUT2D eigenvalue weighted by Gasteiger charge is -2.44. The van der Waals surface area contributed by atoms with Gasteiger partial charge in [0.1, 0.15) is 5.82 Å². The van der Waals surface area contributed by atoms with E-state index in [9.17, 15) is 26.7 Å². The van der Waals surface area contributed by atoms with Crippen LogP contribution in [0.4, 0.5) is 19.0 Å². The Balaban J connectivity index is 1.47. The van der Waals surface area contributed by atoms with Crippen LogP contribution in [0.2, 0.25) is 0 Å². The number of fused-ring (bicyclic) bond motifs is 2. The molecule has 31 heavy (non-hydrogen) atoms. The minimum Gasteiger partial charge on any atom is -0.392 e. The summed E-state index contributed by atoms with van der Waals surface area (Å²) in [5.41, 5.74) is -1.65. The van der Waals surface area contributed by atoms with Crippen molar-refractivity contribution in [1.82, 2.24) is 9.29 Å². The summed E-state index contributed by atoms with van der Waals surface area (Å²) < 4.78 is 66.6. The van der Waals surface area contributed by atoms with E-state index in [-0.39, 0.29) is 30.3 Å². The Kier molecular flexibility index (Phi) is 5.38. The van der Waals surface area contributed by atoms with Crippen molar-refractivity contribution in [3.8, 4) is 0 Å². The standard InChI is InChI=1S/C21H30F3N3O3S/c1-14-12-26(8-9-27(14)18-5-4-16(11-25-18)21(22,23)24)31(29,30)13-20-7-6-15(10-17(20)28)19(20,2)3/h4-5,11,14-15,17,28H,6-10,12-13H2,1-3H3/t14-,15-,17+,20+/m0/s1. The van der Waals surface area contributed by atoms with Crippen LogP contribution in [0.5, 0.6) is 0 Å². The molecule has 1 saturated heterocycles. The third-order valence-electron chi connectivity index (χ3n) is 8.18. The second-order valence-electron chi connectivity index (χ2n) is 9.92. The molecule has 0 radical (unpaired) electrons. The summed E-state index contributed by atoms with van der Waals surface area (Å²) >= 11 is 0. The summed E-state index contributed by atoms with van der Waals surface area (Å²) in [7, 11) is -3.60. The van der Waals surface area contributed by atoms with E-state index in [1.165, 1.54) is 10.4 Å². The Hall–Kier alpha value is -1.39. The van der Waals surface area contributed by atoms with E-state index in [4.69, 9.17) is 0 Å². The van der Waals surface area contributed by atoms with E-state index >= 15 is 0 Å². The quantitative estimate of drug-likeness (QED) is 0.746. The van der Waals surface area contributed by atoms with Crippen LogP contribution >= 0.6 is 0 Å². The van der Waals surface area contributed by atoms with Gasteiger partial charge in [0, 0.05) is 37.3 Å². The normalized spacial score (nSPS) is 33.8. The maximum Gasteiger partial charge on any atom is 0.417 e. The van der Waals surface area contributed by atoms with Crippen molar-refractivity contribution in [1.29, 1.82) is 0 Å². The second-order valence-corrected chi connectivity index (χ2v) is 11.9. The van der Waals surface area contributed by atoms with Gasteiger partial charge in [0.2, 0.25) is 10.0 Å². The number of aliphatic hydroxyl groups excluding tert-OH is 1. The molecule has 1 aliphatic heterocycles. The van der Waals surface area contributed by atoms with Crippen LogP contribution in [0.25, 0.3) is 0 Å². The number of sulfonamides is 1. The minimum absolute atomic E-state index is 0.0596. The molecule has 3 fully saturated rings. The van der Waals surface area contributed by atoms with Crippen LogP contribution in [0.3, 0.4) is 0 Å². The second kappa shape index (κ2) is 7.31. The van der Waals surface area contributed by atoms with Gasteiger partial charge in [0.05, 0.1) is 17.4 Å². The molecular weight excluding hydrogens is 431 g/mol. The van der Waals surface area contributed by atoms with Gasteiger partial charge in [-0.2, -0.15) is 17.5 Å². The average molecular weight is 462 g/mol. The molecule has 3 aliphatic rings. The van der Waals surface area contributed by atoms with Crippen molar-refractivity contribution >= 4 is 15.8 Å². The zero-order valence-electron chi connectivity index (χ0n) is 18.1. The number of hydrogen-bond donors (Lipinski definition) is 1. The lowest BCUT2D eigenvalue weighted by molar-refractivity contribution is -0.137. The first-order valence-corrected chi connectivity index (χ1v) is 12.3. The first-order valence-electron chi connectivity index (χ1n) is 10.7. The lowest BCUT2D eigenvalue weighted by Crippen LogP contribution is -2.56. The molecule has 2 bridgehead atoms. The molecule has 174 valence electrons. The molecule has 0 unspecified atom stereocenters. The molecule has 4 rings (SSSR count). The van der Waals surface area contributed by atoms with E-state index in [1.54, 1.807) is 0 Å². The summed E-state index contributed by atoms with van der Waals surface area (Å²) in [6.45, 7) is 6.83. The molecule has 4 atom stereocenters. The number of pyridine rings is 1. The number of rotatable bonds is 4. The van der Waals surface area contributed by atoms with Crippen molar-refractivity contribution in [3.63, 3.8) is 0 Å². The zero-order chi connectivity index (χ0) is 22.8. The number of aromatic nitrogens is 1. The van der Waals surface area contributed by atoms with Crippen LogP contribution in [-0.4, -0.2) is 60.3 Å². The molecule has 10 heteroatoms. The summed E-state index contributed by atoms with van der Waals surface area (Å²) in [6.07, 6.45) is -1.91. The molecule has 1 aromatic rings. The van der Waals surface area contributed by atoms with Gasteiger partial charge in [-0.15, -0.1) is 0 Å². The number of alkyl halides is 3. The maximum absolute atomic E-state index is 13.4. The topological polar surface area (TPSA) is 73.7 Å². The summed E-state index contributed by atoms with van der Waals surface area (Å²) in [5, 5.41) is 10.7. The molecule has 0 aromatic carbocycles. The van der Waals surface area contributed by atoms with Gasteiger partial charge >= 0.3 is 6.18 Å². The number of anilines is 1. The maximum atomic E-state index is 13.4.